The molecule has 0 fully saturated rings. The summed E-state index contributed by atoms with van der Waals surface area (Å²) in [6.07, 6.45) is -4.00. The summed E-state index contributed by atoms with van der Waals surface area (Å²) < 4.78 is 40.3. The maximum Gasteiger partial charge on any atom is 0.573 e. The normalized spacial score (nSPS) is 11.4. The Labute approximate surface area is 108 Å². The van der Waals surface area contributed by atoms with Crippen LogP contribution in [0.25, 0.3) is 0 Å². The number of carboxylic acids is 1. The van der Waals surface area contributed by atoms with Crippen LogP contribution in [0.1, 0.15) is 11.3 Å². The number of pyridine rings is 1. The lowest BCUT2D eigenvalue weighted by molar-refractivity contribution is -0.275. The third-order valence-corrected chi connectivity index (χ3v) is 2.97. The highest BCUT2D eigenvalue weighted by Gasteiger charge is 2.33. The van der Waals surface area contributed by atoms with Crippen molar-refractivity contribution in [1.82, 2.24) is 4.98 Å². The summed E-state index contributed by atoms with van der Waals surface area (Å²) in [6, 6.07) is 0. The molecule has 0 atom stereocenters. The van der Waals surface area contributed by atoms with Crippen molar-refractivity contribution in [3.8, 4) is 5.75 Å². The van der Waals surface area contributed by atoms with Crippen LogP contribution in [-0.2, 0) is 11.2 Å². The van der Waals surface area contributed by atoms with Crippen LogP contribution in [0.15, 0.2) is 6.20 Å². The van der Waals surface area contributed by atoms with Gasteiger partial charge in [-0.2, -0.15) is 0 Å². The van der Waals surface area contributed by atoms with Crippen molar-refractivity contribution in [3.05, 3.63) is 21.0 Å². The number of carbonyl (C=O) groups is 1. The lowest BCUT2D eigenvalue weighted by Gasteiger charge is -2.14. The van der Waals surface area contributed by atoms with Crippen molar-refractivity contribution in [2.24, 2.45) is 0 Å². The number of aliphatic carboxylic acids is 1. The summed E-state index contributed by atoms with van der Waals surface area (Å²) >= 11 is 1.61. The Morgan fingerprint density at radius 2 is 2.18 bits per heavy atom. The first-order chi connectivity index (χ1) is 7.70. The van der Waals surface area contributed by atoms with Crippen molar-refractivity contribution in [2.75, 3.05) is 0 Å². The molecule has 17 heavy (non-hydrogen) atoms. The molecule has 1 rings (SSSR count). The van der Waals surface area contributed by atoms with Gasteiger partial charge in [-0.3, -0.25) is 9.78 Å². The summed E-state index contributed by atoms with van der Waals surface area (Å²) in [5.74, 6) is -1.59. The van der Waals surface area contributed by atoms with Crippen LogP contribution in [0.3, 0.4) is 0 Å². The van der Waals surface area contributed by atoms with Crippen molar-refractivity contribution >= 4 is 28.6 Å². The zero-order valence-electron chi connectivity index (χ0n) is 8.51. The SMILES string of the molecule is Cc1ncc(CC(=O)O)c(I)c1OC(F)(F)F. The number of carboxylic acid groups (broad SMARTS) is 1. The van der Waals surface area contributed by atoms with Gasteiger partial charge in [-0.1, -0.05) is 0 Å². The molecule has 0 aliphatic rings. The second-order valence-corrected chi connectivity index (χ2v) is 4.21. The van der Waals surface area contributed by atoms with Gasteiger partial charge in [0.2, 0.25) is 0 Å². The van der Waals surface area contributed by atoms with E-state index in [4.69, 9.17) is 5.11 Å². The molecule has 0 saturated heterocycles. The monoisotopic (exact) mass is 361 g/mol. The third-order valence-electron chi connectivity index (χ3n) is 1.78. The number of aryl methyl sites for hydroxylation is 1. The van der Waals surface area contributed by atoms with Crippen LogP contribution in [0.5, 0.6) is 5.75 Å². The van der Waals surface area contributed by atoms with Gasteiger partial charge in [-0.05, 0) is 35.1 Å². The van der Waals surface area contributed by atoms with Crippen LogP contribution in [-0.4, -0.2) is 22.4 Å². The van der Waals surface area contributed by atoms with Crippen LogP contribution in [0, 0.1) is 10.5 Å². The number of alkyl halides is 3. The first-order valence-electron chi connectivity index (χ1n) is 4.32. The molecule has 0 aromatic carbocycles. The summed E-state index contributed by atoms with van der Waals surface area (Å²) in [4.78, 5) is 14.2. The van der Waals surface area contributed by atoms with E-state index < -0.39 is 24.5 Å². The quantitative estimate of drug-likeness (QED) is 0.841. The Balaban J connectivity index is 3.15. The first kappa shape index (κ1) is 14.0. The van der Waals surface area contributed by atoms with Gasteiger partial charge in [-0.25, -0.2) is 0 Å². The van der Waals surface area contributed by atoms with Gasteiger partial charge in [0.05, 0.1) is 15.7 Å². The summed E-state index contributed by atoms with van der Waals surface area (Å²) in [5, 5.41) is 8.59. The highest BCUT2D eigenvalue weighted by atomic mass is 127. The second-order valence-electron chi connectivity index (χ2n) is 3.13. The van der Waals surface area contributed by atoms with Crippen molar-refractivity contribution in [2.45, 2.75) is 19.7 Å². The third kappa shape index (κ3) is 4.02. The van der Waals surface area contributed by atoms with Gasteiger partial charge in [0, 0.05) is 6.20 Å². The molecule has 94 valence electrons. The van der Waals surface area contributed by atoms with E-state index in [1.54, 1.807) is 22.6 Å². The fourth-order valence-electron chi connectivity index (χ4n) is 1.12. The van der Waals surface area contributed by atoms with Crippen molar-refractivity contribution in [3.63, 3.8) is 0 Å². The lowest BCUT2D eigenvalue weighted by Crippen LogP contribution is -2.19. The number of nitrogens with zero attached hydrogens (tertiary/aromatic N) is 1. The van der Waals surface area contributed by atoms with E-state index in [0.29, 0.717) is 0 Å². The van der Waals surface area contributed by atoms with Gasteiger partial charge in [0.25, 0.3) is 0 Å². The van der Waals surface area contributed by atoms with Crippen LogP contribution >= 0.6 is 22.6 Å². The number of aromatic nitrogens is 1. The maximum atomic E-state index is 12.1. The number of hydrogen-bond donors (Lipinski definition) is 1. The average Bonchev–Trinajstić information content (AvgIpc) is 2.15. The van der Waals surface area contributed by atoms with Gasteiger partial charge in [-0.15, -0.1) is 13.2 Å². The number of halogens is 4. The number of rotatable bonds is 3. The predicted octanol–water partition coefficient (Wildman–Crippen LogP) is 2.52. The Morgan fingerprint density at radius 1 is 1.59 bits per heavy atom. The lowest BCUT2D eigenvalue weighted by atomic mass is 10.2. The summed E-state index contributed by atoms with van der Waals surface area (Å²) in [5.41, 5.74) is 0.240. The van der Waals surface area contributed by atoms with Crippen LogP contribution in [0.2, 0.25) is 0 Å². The molecule has 0 spiro atoms. The molecule has 0 aliphatic carbocycles. The van der Waals surface area contributed by atoms with Gasteiger partial charge in [0.15, 0.2) is 5.75 Å². The Bertz CT molecular complexity index is 448. The summed E-state index contributed by atoms with van der Waals surface area (Å²) in [7, 11) is 0. The highest BCUT2D eigenvalue weighted by Crippen LogP contribution is 2.31. The minimum atomic E-state index is -4.83. The molecule has 0 radical (unpaired) electrons. The molecular weight excluding hydrogens is 354 g/mol. The van der Waals surface area contributed by atoms with Crippen molar-refractivity contribution < 1.29 is 27.8 Å². The van der Waals surface area contributed by atoms with E-state index in [1.165, 1.54) is 13.1 Å². The van der Waals surface area contributed by atoms with E-state index in [-0.39, 0.29) is 14.8 Å². The molecule has 1 aromatic rings. The fraction of sp³-hybridized carbons (Fsp3) is 0.333. The van der Waals surface area contributed by atoms with E-state index in [2.05, 4.69) is 9.72 Å². The molecule has 4 nitrogen and oxygen atoms in total. The molecule has 1 aromatic heterocycles. The Kier molecular flexibility index (Phi) is 4.17. The molecule has 1 N–H and O–H groups in total. The summed E-state index contributed by atoms with van der Waals surface area (Å²) in [6.45, 7) is 1.35. The first-order valence-corrected chi connectivity index (χ1v) is 5.40. The maximum absolute atomic E-state index is 12.1. The second kappa shape index (κ2) is 5.07. The van der Waals surface area contributed by atoms with Gasteiger partial charge >= 0.3 is 12.3 Å². The zero-order chi connectivity index (χ0) is 13.2. The van der Waals surface area contributed by atoms with Crippen molar-refractivity contribution in [1.29, 1.82) is 0 Å². The standard InChI is InChI=1S/C9H7F3INO3/c1-4-8(17-9(10,11)12)7(13)5(3-14-4)2-6(15)16/h3H,2H2,1H3,(H,15,16). The minimum absolute atomic E-state index is 0.0564. The topological polar surface area (TPSA) is 59.4 Å². The Morgan fingerprint density at radius 3 is 2.65 bits per heavy atom. The molecule has 8 heteroatoms. The predicted molar refractivity (Wildman–Crippen MR) is 59.7 cm³/mol. The van der Waals surface area contributed by atoms with E-state index in [1.807, 2.05) is 0 Å². The number of hydrogen-bond acceptors (Lipinski definition) is 3. The molecule has 0 amide bonds. The molecular formula is C9H7F3INO3. The Hall–Kier alpha value is -1.06. The minimum Gasteiger partial charge on any atom is -0.481 e. The molecule has 0 saturated carbocycles. The van der Waals surface area contributed by atoms with E-state index in [0.717, 1.165) is 0 Å². The van der Waals surface area contributed by atoms with E-state index >= 15 is 0 Å². The molecule has 0 aliphatic heterocycles. The zero-order valence-corrected chi connectivity index (χ0v) is 10.7. The smallest absolute Gasteiger partial charge is 0.481 e. The van der Waals surface area contributed by atoms with Crippen LogP contribution in [0.4, 0.5) is 13.2 Å². The highest BCUT2D eigenvalue weighted by molar-refractivity contribution is 14.1. The van der Waals surface area contributed by atoms with E-state index in [9.17, 15) is 18.0 Å². The van der Waals surface area contributed by atoms with Gasteiger partial charge < -0.3 is 9.84 Å². The largest absolute Gasteiger partial charge is 0.573 e. The molecule has 0 bridgehead atoms. The molecule has 1 heterocycles. The number of ether oxygens (including phenoxy) is 1. The average molecular weight is 361 g/mol. The van der Waals surface area contributed by atoms with Gasteiger partial charge in [0.1, 0.15) is 0 Å². The van der Waals surface area contributed by atoms with Crippen LogP contribution < -0.4 is 4.74 Å². The molecule has 0 unspecified atom stereocenters. The fourth-order valence-corrected chi connectivity index (χ4v) is 1.95.